The molecule has 0 aliphatic heterocycles. The van der Waals surface area contributed by atoms with E-state index >= 15 is 0 Å². The van der Waals surface area contributed by atoms with Crippen LogP contribution >= 0.6 is 11.6 Å². The van der Waals surface area contributed by atoms with Gasteiger partial charge in [-0.15, -0.1) is 0 Å². The number of anilines is 2. The van der Waals surface area contributed by atoms with Crippen LogP contribution in [-0.4, -0.2) is 60.8 Å². The number of hydrogen-bond acceptors (Lipinski definition) is 8. The molecule has 9 nitrogen and oxygen atoms in total. The van der Waals surface area contributed by atoms with Crippen LogP contribution in [-0.2, 0) is 9.57 Å². The molecule has 2 aromatic carbocycles. The van der Waals surface area contributed by atoms with E-state index in [1.54, 1.807) is 14.0 Å². The number of carbonyl (C=O) groups excluding carboxylic acids is 1. The van der Waals surface area contributed by atoms with Crippen LogP contribution in [0.4, 0.5) is 16.3 Å². The van der Waals surface area contributed by atoms with Gasteiger partial charge in [0.25, 0.3) is 0 Å². The molecule has 11 heteroatoms. The van der Waals surface area contributed by atoms with Crippen LogP contribution in [0.5, 0.6) is 5.75 Å². The molecular formula is C29H36ClN5O4Si. The highest BCUT2D eigenvalue weighted by molar-refractivity contribution is 6.70. The molecule has 0 fully saturated rings. The lowest BCUT2D eigenvalue weighted by Gasteiger charge is -2.24. The molecule has 40 heavy (non-hydrogen) atoms. The lowest BCUT2D eigenvalue weighted by molar-refractivity contribution is 0.0236. The van der Waals surface area contributed by atoms with Crippen LogP contribution in [0.25, 0.3) is 10.9 Å². The Kier molecular flexibility index (Phi) is 10.0. The average Bonchev–Trinajstić information content (AvgIpc) is 2.85. The number of halogens is 1. The quantitative estimate of drug-likeness (QED) is 0.0969. The number of nitrogens with one attached hydrogen (secondary N) is 1. The first kappa shape index (κ1) is 30.7. The number of nitrogens with zero attached hydrogens (tertiary/aromatic N) is 4. The van der Waals surface area contributed by atoms with Crippen LogP contribution < -0.4 is 9.74 Å². The first-order valence-electron chi connectivity index (χ1n) is 12.8. The summed E-state index contributed by atoms with van der Waals surface area (Å²) >= 11 is 6.50. The van der Waals surface area contributed by atoms with E-state index in [9.17, 15) is 4.79 Å². The first-order chi connectivity index (χ1) is 18.8. The molecule has 3 rings (SSSR count). The number of benzene rings is 2. The predicted molar refractivity (Wildman–Crippen MR) is 163 cm³/mol. The van der Waals surface area contributed by atoms with E-state index in [1.807, 2.05) is 57.2 Å². The number of hydrogen-bond donors (Lipinski definition) is 1. The van der Waals surface area contributed by atoms with E-state index in [4.69, 9.17) is 25.6 Å². The van der Waals surface area contributed by atoms with Crippen LogP contribution in [0.2, 0.25) is 24.7 Å². The molecule has 0 saturated carbocycles. The third-order valence-corrected chi connectivity index (χ3v) is 6.27. The highest BCUT2D eigenvalue weighted by atomic mass is 35.5. The van der Waals surface area contributed by atoms with Crippen molar-refractivity contribution in [2.24, 2.45) is 5.16 Å². The fourth-order valence-corrected chi connectivity index (χ4v) is 4.54. The minimum atomic E-state index is -1.79. The Morgan fingerprint density at radius 3 is 2.55 bits per heavy atom. The second kappa shape index (κ2) is 13.0. The number of amides is 1. The van der Waals surface area contributed by atoms with Crippen molar-refractivity contribution in [1.29, 1.82) is 0 Å². The Labute approximate surface area is 242 Å². The summed E-state index contributed by atoms with van der Waals surface area (Å²) < 4.78 is 11.4. The molecule has 0 spiro atoms. The van der Waals surface area contributed by atoms with Gasteiger partial charge in [0.1, 0.15) is 30.1 Å². The third-order valence-electron chi connectivity index (χ3n) is 5.14. The molecule has 1 aromatic heterocycles. The second-order valence-corrected chi connectivity index (χ2v) is 15.8. The maximum absolute atomic E-state index is 12.1. The molecule has 0 aliphatic carbocycles. The summed E-state index contributed by atoms with van der Waals surface area (Å²) in [5, 5.41) is 8.86. The molecule has 212 valence electrons. The topological polar surface area (TPSA) is 98.2 Å². The Balaban J connectivity index is 1.79. The predicted octanol–water partition coefficient (Wildman–Crippen LogP) is 6.85. The molecule has 0 aliphatic rings. The zero-order valence-corrected chi connectivity index (χ0v) is 26.0. The summed E-state index contributed by atoms with van der Waals surface area (Å²) in [6, 6.07) is 11.2. The maximum Gasteiger partial charge on any atom is 0.410 e. The van der Waals surface area contributed by atoms with Crippen molar-refractivity contribution in [3.8, 4) is 17.6 Å². The lowest BCUT2D eigenvalue weighted by atomic mass is 10.1. The van der Waals surface area contributed by atoms with E-state index < -0.39 is 20.0 Å². The van der Waals surface area contributed by atoms with Crippen molar-refractivity contribution in [2.45, 2.75) is 52.9 Å². The fraction of sp³-hybridized carbons (Fsp3) is 0.379. The van der Waals surface area contributed by atoms with Gasteiger partial charge in [0.2, 0.25) is 8.32 Å². The molecule has 1 amide bonds. The van der Waals surface area contributed by atoms with E-state index in [1.165, 1.54) is 11.2 Å². The number of ether oxygens (including phenoxy) is 1. The van der Waals surface area contributed by atoms with Gasteiger partial charge in [-0.3, -0.25) is 0 Å². The summed E-state index contributed by atoms with van der Waals surface area (Å²) in [5.41, 5.74) is 2.11. The molecule has 1 heterocycles. The standard InChI is InChI=1S/C29H36ClN5O4Si/c1-9-10-24(34-37-16-15-35(5)28(36)38-29(2,3)4)20-11-13-25-22(17-20)27(32-19-31-25)33-21-12-14-26(23(30)18-21)39-40(6,7)8/h11-14,17-19H,15-16H2,1-8H3,(H,31,32,33)/b34-24+. The highest BCUT2D eigenvalue weighted by Crippen LogP contribution is 2.32. The van der Waals surface area contributed by atoms with Gasteiger partial charge in [0, 0.05) is 23.7 Å². The summed E-state index contributed by atoms with van der Waals surface area (Å²) in [7, 11) is -0.149. The first-order valence-corrected chi connectivity index (χ1v) is 16.6. The Morgan fingerprint density at radius 2 is 1.90 bits per heavy atom. The van der Waals surface area contributed by atoms with E-state index in [-0.39, 0.29) is 6.61 Å². The van der Waals surface area contributed by atoms with E-state index in [2.05, 4.69) is 51.9 Å². The molecule has 0 unspecified atom stereocenters. The van der Waals surface area contributed by atoms with Crippen molar-refractivity contribution >= 4 is 54.1 Å². The number of carbonyl (C=O) groups is 1. The summed E-state index contributed by atoms with van der Waals surface area (Å²) in [6.07, 6.45) is 1.07. The second-order valence-electron chi connectivity index (χ2n) is 11.0. The van der Waals surface area contributed by atoms with Gasteiger partial charge < -0.3 is 24.2 Å². The van der Waals surface area contributed by atoms with Crippen LogP contribution in [0, 0.1) is 11.8 Å². The van der Waals surface area contributed by atoms with Gasteiger partial charge in [-0.2, -0.15) is 0 Å². The highest BCUT2D eigenvalue weighted by Gasteiger charge is 2.20. The summed E-state index contributed by atoms with van der Waals surface area (Å²) in [5.74, 6) is 7.13. The van der Waals surface area contributed by atoms with Gasteiger partial charge >= 0.3 is 6.09 Å². The minimum Gasteiger partial charge on any atom is -0.543 e. The zero-order valence-electron chi connectivity index (χ0n) is 24.3. The third kappa shape index (κ3) is 9.14. The normalized spacial score (nSPS) is 11.9. The molecular weight excluding hydrogens is 546 g/mol. The van der Waals surface area contributed by atoms with Crippen LogP contribution in [0.1, 0.15) is 33.3 Å². The van der Waals surface area contributed by atoms with Gasteiger partial charge in [0.15, 0.2) is 5.71 Å². The van der Waals surface area contributed by atoms with Gasteiger partial charge in [-0.25, -0.2) is 14.8 Å². The van der Waals surface area contributed by atoms with Crippen molar-refractivity contribution in [1.82, 2.24) is 14.9 Å². The summed E-state index contributed by atoms with van der Waals surface area (Å²) in [6.45, 7) is 14.0. The van der Waals surface area contributed by atoms with E-state index in [0.717, 1.165) is 22.2 Å². The Morgan fingerprint density at radius 1 is 1.15 bits per heavy atom. The number of aromatic nitrogens is 2. The molecule has 0 radical (unpaired) electrons. The van der Waals surface area contributed by atoms with Gasteiger partial charge in [-0.1, -0.05) is 22.7 Å². The number of likely N-dealkylation sites (N-methyl/N-ethyl adjacent to an activating group) is 1. The zero-order chi connectivity index (χ0) is 29.5. The van der Waals surface area contributed by atoms with Crippen molar-refractivity contribution < 1.29 is 18.8 Å². The van der Waals surface area contributed by atoms with Gasteiger partial charge in [-0.05, 0) is 89.7 Å². The smallest absolute Gasteiger partial charge is 0.410 e. The summed E-state index contributed by atoms with van der Waals surface area (Å²) in [4.78, 5) is 27.9. The number of fused-ring (bicyclic) bond motifs is 1. The Hall–Kier alpha value is -3.81. The molecule has 1 N–H and O–H groups in total. The van der Waals surface area contributed by atoms with Crippen LogP contribution in [0.3, 0.4) is 0 Å². The molecule has 0 saturated heterocycles. The van der Waals surface area contributed by atoms with Crippen molar-refractivity contribution in [3.05, 3.63) is 53.3 Å². The number of oxime groups is 1. The SMILES string of the molecule is CC#C/C(=N\OCCN(C)C(=O)OC(C)(C)C)c1ccc2ncnc(Nc3ccc(O[Si](C)(C)C)c(Cl)c3)c2c1. The minimum absolute atomic E-state index is 0.173. The molecule has 0 bridgehead atoms. The lowest BCUT2D eigenvalue weighted by Crippen LogP contribution is -2.35. The molecule has 0 atom stereocenters. The molecule has 3 aromatic rings. The maximum atomic E-state index is 12.1. The van der Waals surface area contributed by atoms with Gasteiger partial charge in [0.05, 0.1) is 17.1 Å². The van der Waals surface area contributed by atoms with E-state index in [0.29, 0.717) is 28.8 Å². The average molecular weight is 582 g/mol. The monoisotopic (exact) mass is 581 g/mol. The Bertz CT molecular complexity index is 1450. The number of rotatable bonds is 9. The van der Waals surface area contributed by atoms with Crippen LogP contribution in [0.15, 0.2) is 47.9 Å². The van der Waals surface area contributed by atoms with Crippen molar-refractivity contribution in [3.63, 3.8) is 0 Å². The van der Waals surface area contributed by atoms with Crippen molar-refractivity contribution in [2.75, 3.05) is 25.5 Å². The largest absolute Gasteiger partial charge is 0.543 e. The fourth-order valence-electron chi connectivity index (χ4n) is 3.42.